The molecule has 3 N–H and O–H groups in total. The van der Waals surface area contributed by atoms with Gasteiger partial charge in [-0.2, -0.15) is 13.5 Å². The second-order valence-corrected chi connectivity index (χ2v) is 10.3. The number of hydrogen-bond acceptors (Lipinski definition) is 7. The minimum absolute atomic E-state index is 0.0150. The van der Waals surface area contributed by atoms with Crippen LogP contribution in [0.5, 0.6) is 11.5 Å². The molecule has 1 amide bonds. The zero-order valence-electron chi connectivity index (χ0n) is 20.1. The van der Waals surface area contributed by atoms with Gasteiger partial charge in [-0.1, -0.05) is 54.4 Å². The summed E-state index contributed by atoms with van der Waals surface area (Å²) in [6.07, 6.45) is 0.192. The van der Waals surface area contributed by atoms with Crippen LogP contribution in [-0.2, 0) is 16.5 Å². The van der Waals surface area contributed by atoms with Gasteiger partial charge in [-0.25, -0.2) is 0 Å². The van der Waals surface area contributed by atoms with E-state index in [0.29, 0.717) is 16.5 Å². The minimum Gasteiger partial charge on any atom is -0.505 e. The highest BCUT2D eigenvalue weighted by Crippen LogP contribution is 2.41. The number of carbonyl (C=O) groups excluding carboxylic acids is 1. The Hall–Kier alpha value is -3.70. The Bertz CT molecular complexity index is 1710. The minimum atomic E-state index is -4.58. The number of ether oxygens (including phenoxy) is 1. The highest BCUT2D eigenvalue weighted by molar-refractivity contribution is 7.85. The van der Waals surface area contributed by atoms with Crippen molar-refractivity contribution in [3.63, 3.8) is 0 Å². The quantitative estimate of drug-likeness (QED) is 0.156. The van der Waals surface area contributed by atoms with Gasteiger partial charge in [0.1, 0.15) is 16.3 Å². The van der Waals surface area contributed by atoms with Gasteiger partial charge in [0.15, 0.2) is 5.75 Å². The third-order valence-electron chi connectivity index (χ3n) is 5.70. The molecule has 0 bridgehead atoms. The normalized spacial score (nSPS) is 11.7. The fourth-order valence-electron chi connectivity index (χ4n) is 3.89. The number of amides is 1. The molecule has 0 aromatic heterocycles. The van der Waals surface area contributed by atoms with Crippen molar-refractivity contribution >= 4 is 67.1 Å². The first-order chi connectivity index (χ1) is 18.0. The van der Waals surface area contributed by atoms with Crippen molar-refractivity contribution in [3.05, 3.63) is 81.8 Å². The first-order valence-electron chi connectivity index (χ1n) is 11.1. The highest BCUT2D eigenvalue weighted by atomic mass is 35.5. The summed E-state index contributed by atoms with van der Waals surface area (Å²) < 4.78 is 38.6. The predicted molar refractivity (Wildman–Crippen MR) is 146 cm³/mol. The van der Waals surface area contributed by atoms with Gasteiger partial charge < -0.3 is 15.2 Å². The molecule has 0 heterocycles. The molecule has 0 radical (unpaired) electrons. The molecular formula is C26H21Cl2N3O6S. The van der Waals surface area contributed by atoms with Crippen LogP contribution >= 0.6 is 23.2 Å². The number of rotatable bonds is 7. The zero-order chi connectivity index (χ0) is 27.6. The largest absolute Gasteiger partial charge is 0.505 e. The first-order valence-corrected chi connectivity index (χ1v) is 13.3. The molecule has 9 nitrogen and oxygen atoms in total. The molecule has 0 aliphatic rings. The lowest BCUT2D eigenvalue weighted by Crippen LogP contribution is -2.12. The van der Waals surface area contributed by atoms with E-state index in [4.69, 9.17) is 27.9 Å². The molecular weight excluding hydrogens is 553 g/mol. The average Bonchev–Trinajstić information content (AvgIpc) is 2.88. The second kappa shape index (κ2) is 11.0. The summed E-state index contributed by atoms with van der Waals surface area (Å²) in [5.74, 6) is -0.649. The van der Waals surface area contributed by atoms with Crippen LogP contribution < -0.4 is 10.1 Å². The topological polar surface area (TPSA) is 138 Å². The molecule has 0 spiro atoms. The van der Waals surface area contributed by atoms with E-state index in [1.54, 1.807) is 43.3 Å². The van der Waals surface area contributed by atoms with Crippen LogP contribution in [0.1, 0.15) is 22.8 Å². The van der Waals surface area contributed by atoms with E-state index in [0.717, 1.165) is 6.07 Å². The standard InChI is InChI=1S/C26H21Cl2N3O6S/c1-3-17-21(11-15(27)12-23(17)38(34,35)36)30-31-24-18-7-5-4-6-14(18)10-19(25(24)32)26(33)29-22-13-16(37-2)8-9-20(22)28/h4-13,32H,3H2,1-2H3,(H,29,33)(H,34,35,36). The van der Waals surface area contributed by atoms with Gasteiger partial charge in [0.2, 0.25) is 0 Å². The lowest BCUT2D eigenvalue weighted by molar-refractivity contribution is 0.102. The number of phenolic OH excluding ortho intramolecular Hbond substituents is 1. The van der Waals surface area contributed by atoms with E-state index in [1.807, 2.05) is 0 Å². The van der Waals surface area contributed by atoms with Crippen molar-refractivity contribution < 1.29 is 27.6 Å². The number of nitrogens with one attached hydrogen (secondary N) is 1. The van der Waals surface area contributed by atoms with Gasteiger partial charge in [0, 0.05) is 22.0 Å². The van der Waals surface area contributed by atoms with E-state index in [9.17, 15) is 22.9 Å². The van der Waals surface area contributed by atoms with E-state index >= 15 is 0 Å². The Morgan fingerprint density at radius 2 is 1.79 bits per heavy atom. The van der Waals surface area contributed by atoms with Crippen LogP contribution in [0.15, 0.2) is 75.8 Å². The molecule has 0 fully saturated rings. The molecule has 12 heteroatoms. The lowest BCUT2D eigenvalue weighted by atomic mass is 10.0. The Kier molecular flexibility index (Phi) is 7.89. The van der Waals surface area contributed by atoms with Crippen molar-refractivity contribution in [2.45, 2.75) is 18.2 Å². The van der Waals surface area contributed by atoms with Gasteiger partial charge in [0.05, 0.1) is 29.1 Å². The maximum atomic E-state index is 13.2. The number of aromatic hydroxyl groups is 1. The molecule has 4 rings (SSSR count). The molecule has 4 aromatic rings. The van der Waals surface area contributed by atoms with Crippen molar-refractivity contribution in [1.82, 2.24) is 0 Å². The summed E-state index contributed by atoms with van der Waals surface area (Å²) in [5, 5.41) is 23.5. The Morgan fingerprint density at radius 1 is 1.05 bits per heavy atom. The summed E-state index contributed by atoms with van der Waals surface area (Å²) in [7, 11) is -3.10. The van der Waals surface area contributed by atoms with E-state index in [2.05, 4.69) is 15.5 Å². The molecule has 0 aliphatic heterocycles. The summed E-state index contributed by atoms with van der Waals surface area (Å²) in [6, 6.07) is 15.6. The van der Waals surface area contributed by atoms with Crippen molar-refractivity contribution in [3.8, 4) is 11.5 Å². The van der Waals surface area contributed by atoms with Gasteiger partial charge in [-0.05, 0) is 42.1 Å². The molecule has 0 aliphatic carbocycles. The summed E-state index contributed by atoms with van der Waals surface area (Å²) in [5.41, 5.74) is 0.411. The molecule has 38 heavy (non-hydrogen) atoms. The van der Waals surface area contributed by atoms with Crippen molar-refractivity contribution in [1.29, 1.82) is 0 Å². The van der Waals surface area contributed by atoms with Gasteiger partial charge in [-0.15, -0.1) is 5.11 Å². The summed E-state index contributed by atoms with van der Waals surface area (Å²) in [6.45, 7) is 1.68. The molecule has 0 saturated carbocycles. The fourth-order valence-corrected chi connectivity index (χ4v) is 5.16. The van der Waals surface area contributed by atoms with Crippen LogP contribution in [0.25, 0.3) is 10.8 Å². The molecule has 0 unspecified atom stereocenters. The van der Waals surface area contributed by atoms with Crippen LogP contribution in [0.3, 0.4) is 0 Å². The van der Waals surface area contributed by atoms with Crippen molar-refractivity contribution in [2.75, 3.05) is 12.4 Å². The van der Waals surface area contributed by atoms with Crippen LogP contribution in [0.2, 0.25) is 10.0 Å². The van der Waals surface area contributed by atoms with E-state index in [1.165, 1.54) is 25.3 Å². The smallest absolute Gasteiger partial charge is 0.294 e. The molecule has 0 atom stereocenters. The van der Waals surface area contributed by atoms with Crippen LogP contribution in [0.4, 0.5) is 17.1 Å². The Labute approximate surface area is 228 Å². The zero-order valence-corrected chi connectivity index (χ0v) is 22.4. The number of anilines is 1. The number of phenols is 1. The lowest BCUT2D eigenvalue weighted by Gasteiger charge is -2.13. The SMILES string of the molecule is CCc1c(N=Nc2c(O)c(C(=O)Nc3cc(OC)ccc3Cl)cc3ccccc23)cc(Cl)cc1S(=O)(=O)O. The fraction of sp³-hybridized carbons (Fsp3) is 0.115. The summed E-state index contributed by atoms with van der Waals surface area (Å²) >= 11 is 12.3. The molecule has 0 saturated heterocycles. The number of nitrogens with zero attached hydrogens (tertiary/aromatic N) is 2. The maximum absolute atomic E-state index is 13.2. The molecule has 196 valence electrons. The summed E-state index contributed by atoms with van der Waals surface area (Å²) in [4.78, 5) is 12.8. The Morgan fingerprint density at radius 3 is 2.47 bits per heavy atom. The highest BCUT2D eigenvalue weighted by Gasteiger charge is 2.21. The third kappa shape index (κ3) is 5.58. The molecule has 4 aromatic carbocycles. The Balaban J connectivity index is 1.84. The number of carbonyl (C=O) groups is 1. The predicted octanol–water partition coefficient (Wildman–Crippen LogP) is 7.34. The first kappa shape index (κ1) is 27.3. The van der Waals surface area contributed by atoms with Crippen LogP contribution in [0, 0.1) is 0 Å². The number of methoxy groups -OCH3 is 1. The average molecular weight is 574 g/mol. The van der Waals surface area contributed by atoms with Crippen molar-refractivity contribution in [2.24, 2.45) is 10.2 Å². The second-order valence-electron chi connectivity index (χ2n) is 8.07. The number of fused-ring (bicyclic) bond motifs is 1. The number of hydrogen-bond donors (Lipinski definition) is 3. The van der Waals surface area contributed by atoms with Crippen LogP contribution in [-0.4, -0.2) is 31.1 Å². The van der Waals surface area contributed by atoms with E-state index in [-0.39, 0.29) is 49.6 Å². The maximum Gasteiger partial charge on any atom is 0.294 e. The van der Waals surface area contributed by atoms with Gasteiger partial charge in [0.25, 0.3) is 16.0 Å². The number of benzene rings is 4. The third-order valence-corrected chi connectivity index (χ3v) is 7.17. The monoisotopic (exact) mass is 573 g/mol. The van der Waals surface area contributed by atoms with E-state index < -0.39 is 21.8 Å². The number of azo groups is 1. The van der Waals surface area contributed by atoms with Gasteiger partial charge in [-0.3, -0.25) is 9.35 Å². The van der Waals surface area contributed by atoms with Gasteiger partial charge >= 0.3 is 0 Å². The number of halogens is 2.